The van der Waals surface area contributed by atoms with Crippen LogP contribution >= 0.6 is 0 Å². The van der Waals surface area contributed by atoms with Crippen LogP contribution < -0.4 is 0 Å². The number of aromatic nitrogens is 2. The quantitative estimate of drug-likeness (QED) is 0.874. The van der Waals surface area contributed by atoms with E-state index in [1.165, 1.54) is 0 Å². The fraction of sp³-hybridized carbons (Fsp3) is 0.231. The highest BCUT2D eigenvalue weighted by atomic mass is 16.4. The van der Waals surface area contributed by atoms with E-state index in [0.717, 1.165) is 17.7 Å². The summed E-state index contributed by atoms with van der Waals surface area (Å²) in [5, 5.41) is 13.0. The first-order valence-electron chi connectivity index (χ1n) is 5.58. The summed E-state index contributed by atoms with van der Waals surface area (Å²) < 4.78 is 1.78. The summed E-state index contributed by atoms with van der Waals surface area (Å²) in [6, 6.07) is 9.80. The van der Waals surface area contributed by atoms with Gasteiger partial charge in [-0.3, -0.25) is 4.79 Å². The van der Waals surface area contributed by atoms with Crippen molar-refractivity contribution in [2.75, 3.05) is 0 Å². The first-order chi connectivity index (χ1) is 8.25. The van der Waals surface area contributed by atoms with Crippen molar-refractivity contribution in [3.8, 4) is 5.69 Å². The number of carboxylic acid groups (broad SMARTS) is 1. The maximum atomic E-state index is 10.8. The molecule has 17 heavy (non-hydrogen) atoms. The standard InChI is InChI=1S/C13H12N2O2/c16-13(17)12-8-11(12)9-2-4-10(5-3-9)15-7-1-6-14-15/h1-7,11-12H,8H2,(H,16,17). The summed E-state index contributed by atoms with van der Waals surface area (Å²) in [6.45, 7) is 0. The Kier molecular flexibility index (Phi) is 2.21. The summed E-state index contributed by atoms with van der Waals surface area (Å²) in [5.74, 6) is -0.684. The van der Waals surface area contributed by atoms with Gasteiger partial charge in [-0.2, -0.15) is 5.10 Å². The number of benzene rings is 1. The second kappa shape index (κ2) is 3.73. The highest BCUT2D eigenvalue weighted by molar-refractivity contribution is 5.75. The Morgan fingerprint density at radius 1 is 1.35 bits per heavy atom. The number of hydrogen-bond acceptors (Lipinski definition) is 2. The van der Waals surface area contributed by atoms with Gasteiger partial charge in [0, 0.05) is 12.4 Å². The molecule has 1 N–H and O–H groups in total. The van der Waals surface area contributed by atoms with Crippen LogP contribution in [0, 0.1) is 5.92 Å². The van der Waals surface area contributed by atoms with Gasteiger partial charge >= 0.3 is 5.97 Å². The average Bonchev–Trinajstić information content (AvgIpc) is 2.97. The fourth-order valence-electron chi connectivity index (χ4n) is 2.13. The fourth-order valence-corrected chi connectivity index (χ4v) is 2.13. The van der Waals surface area contributed by atoms with Crippen LogP contribution in [0.15, 0.2) is 42.7 Å². The normalized spacial score (nSPS) is 22.4. The number of carbonyl (C=O) groups is 1. The molecule has 1 saturated carbocycles. The summed E-state index contributed by atoms with van der Waals surface area (Å²) in [6.07, 6.45) is 4.37. The molecule has 2 unspecified atom stereocenters. The molecule has 1 fully saturated rings. The van der Waals surface area contributed by atoms with Gasteiger partial charge in [-0.15, -0.1) is 0 Å². The van der Waals surface area contributed by atoms with E-state index in [4.69, 9.17) is 5.11 Å². The molecule has 1 aromatic heterocycles. The van der Waals surface area contributed by atoms with Gasteiger partial charge in [0.05, 0.1) is 11.6 Å². The molecule has 1 aliphatic rings. The minimum atomic E-state index is -0.689. The van der Waals surface area contributed by atoms with E-state index in [1.54, 1.807) is 10.9 Å². The van der Waals surface area contributed by atoms with Crippen molar-refractivity contribution in [3.05, 3.63) is 48.3 Å². The van der Waals surface area contributed by atoms with Crippen LogP contribution in [0.3, 0.4) is 0 Å². The Bertz CT molecular complexity index is 531. The van der Waals surface area contributed by atoms with Crippen LogP contribution in [-0.2, 0) is 4.79 Å². The second-order valence-electron chi connectivity index (χ2n) is 4.33. The molecule has 0 spiro atoms. The number of nitrogens with zero attached hydrogens (tertiary/aromatic N) is 2. The van der Waals surface area contributed by atoms with E-state index in [0.29, 0.717) is 0 Å². The number of rotatable bonds is 3. The van der Waals surface area contributed by atoms with Crippen LogP contribution in [0.25, 0.3) is 5.69 Å². The molecule has 1 aromatic carbocycles. The molecule has 0 bridgehead atoms. The van der Waals surface area contributed by atoms with Crippen molar-refractivity contribution in [1.82, 2.24) is 9.78 Å². The van der Waals surface area contributed by atoms with E-state index < -0.39 is 5.97 Å². The van der Waals surface area contributed by atoms with E-state index in [2.05, 4.69) is 5.10 Å². The van der Waals surface area contributed by atoms with Crippen molar-refractivity contribution >= 4 is 5.97 Å². The minimum Gasteiger partial charge on any atom is -0.481 e. The first kappa shape index (κ1) is 10.1. The van der Waals surface area contributed by atoms with Crippen LogP contribution in [0.5, 0.6) is 0 Å². The molecular weight excluding hydrogens is 216 g/mol. The Morgan fingerprint density at radius 3 is 2.65 bits per heavy atom. The molecular formula is C13H12N2O2. The predicted octanol–water partition coefficient (Wildman–Crippen LogP) is 2.06. The number of aliphatic carboxylic acids is 1. The molecule has 0 aliphatic heterocycles. The molecule has 1 aliphatic carbocycles. The second-order valence-corrected chi connectivity index (χ2v) is 4.33. The average molecular weight is 228 g/mol. The largest absolute Gasteiger partial charge is 0.481 e. The predicted molar refractivity (Wildman–Crippen MR) is 62.0 cm³/mol. The molecule has 1 heterocycles. The van der Waals surface area contributed by atoms with Crippen molar-refractivity contribution < 1.29 is 9.90 Å². The van der Waals surface area contributed by atoms with Gasteiger partial charge in [0.1, 0.15) is 0 Å². The maximum Gasteiger partial charge on any atom is 0.307 e. The van der Waals surface area contributed by atoms with Gasteiger partial charge in [-0.25, -0.2) is 4.68 Å². The molecule has 0 amide bonds. The summed E-state index contributed by atoms with van der Waals surface area (Å²) in [4.78, 5) is 10.8. The molecule has 0 saturated heterocycles. The first-order valence-corrected chi connectivity index (χ1v) is 5.58. The van der Waals surface area contributed by atoms with Crippen molar-refractivity contribution in [1.29, 1.82) is 0 Å². The van der Waals surface area contributed by atoms with Gasteiger partial charge in [0.15, 0.2) is 0 Å². The third-order valence-electron chi connectivity index (χ3n) is 3.20. The lowest BCUT2D eigenvalue weighted by Gasteiger charge is -2.03. The van der Waals surface area contributed by atoms with E-state index in [9.17, 15) is 4.79 Å². The van der Waals surface area contributed by atoms with Crippen LogP contribution in [-0.4, -0.2) is 20.9 Å². The van der Waals surface area contributed by atoms with Crippen molar-refractivity contribution in [2.24, 2.45) is 5.92 Å². The Morgan fingerprint density at radius 2 is 2.12 bits per heavy atom. The topological polar surface area (TPSA) is 55.1 Å². The minimum absolute atomic E-state index is 0.189. The molecule has 86 valence electrons. The lowest BCUT2D eigenvalue weighted by atomic mass is 10.1. The van der Waals surface area contributed by atoms with Gasteiger partial charge in [0.25, 0.3) is 0 Å². The van der Waals surface area contributed by atoms with E-state index >= 15 is 0 Å². The third-order valence-corrected chi connectivity index (χ3v) is 3.20. The van der Waals surface area contributed by atoms with Crippen molar-refractivity contribution in [2.45, 2.75) is 12.3 Å². The zero-order chi connectivity index (χ0) is 11.8. The number of carboxylic acids is 1. The van der Waals surface area contributed by atoms with Crippen molar-refractivity contribution in [3.63, 3.8) is 0 Å². The zero-order valence-corrected chi connectivity index (χ0v) is 9.15. The molecule has 4 nitrogen and oxygen atoms in total. The monoisotopic (exact) mass is 228 g/mol. The SMILES string of the molecule is O=C(O)C1CC1c1ccc(-n2cccn2)cc1. The summed E-state index contributed by atoms with van der Waals surface area (Å²) in [7, 11) is 0. The Labute approximate surface area is 98.5 Å². The van der Waals surface area contributed by atoms with Crippen LogP contribution in [0.1, 0.15) is 17.9 Å². The lowest BCUT2D eigenvalue weighted by Crippen LogP contribution is -1.99. The lowest BCUT2D eigenvalue weighted by molar-refractivity contribution is -0.138. The van der Waals surface area contributed by atoms with E-state index in [1.807, 2.05) is 36.5 Å². The summed E-state index contributed by atoms with van der Waals surface area (Å²) >= 11 is 0. The Balaban J connectivity index is 1.80. The highest BCUT2D eigenvalue weighted by Gasteiger charge is 2.43. The Hall–Kier alpha value is -2.10. The maximum absolute atomic E-state index is 10.8. The molecule has 2 aromatic rings. The van der Waals surface area contributed by atoms with Crippen LogP contribution in [0.4, 0.5) is 0 Å². The van der Waals surface area contributed by atoms with Gasteiger partial charge in [-0.1, -0.05) is 12.1 Å². The summed E-state index contributed by atoms with van der Waals surface area (Å²) in [5.41, 5.74) is 2.10. The molecule has 3 rings (SSSR count). The van der Waals surface area contributed by atoms with Gasteiger partial charge in [0.2, 0.25) is 0 Å². The van der Waals surface area contributed by atoms with Gasteiger partial charge < -0.3 is 5.11 Å². The zero-order valence-electron chi connectivity index (χ0n) is 9.15. The smallest absolute Gasteiger partial charge is 0.307 e. The molecule has 2 atom stereocenters. The molecule has 0 radical (unpaired) electrons. The number of hydrogen-bond donors (Lipinski definition) is 1. The van der Waals surface area contributed by atoms with Gasteiger partial charge in [-0.05, 0) is 36.1 Å². The van der Waals surface area contributed by atoms with Crippen LogP contribution in [0.2, 0.25) is 0 Å². The molecule has 4 heteroatoms. The van der Waals surface area contributed by atoms with E-state index in [-0.39, 0.29) is 11.8 Å². The highest BCUT2D eigenvalue weighted by Crippen LogP contribution is 2.47. The third kappa shape index (κ3) is 1.82.